The van der Waals surface area contributed by atoms with Crippen LogP contribution in [0.15, 0.2) is 0 Å². The molecule has 2 aliphatic heterocycles. The normalized spacial score (nSPS) is 39.0. The van der Waals surface area contributed by atoms with Crippen LogP contribution in [0.5, 0.6) is 0 Å². The van der Waals surface area contributed by atoms with Crippen molar-refractivity contribution >= 4 is 0 Å². The molecule has 3 nitrogen and oxygen atoms in total. The van der Waals surface area contributed by atoms with Gasteiger partial charge in [-0.25, -0.2) is 0 Å². The molecule has 0 aromatic heterocycles. The van der Waals surface area contributed by atoms with Gasteiger partial charge in [-0.15, -0.1) is 0 Å². The fourth-order valence-corrected chi connectivity index (χ4v) is 1.81. The third-order valence-corrected chi connectivity index (χ3v) is 2.59. The molecule has 3 heteroatoms. The molecule has 0 amide bonds. The summed E-state index contributed by atoms with van der Waals surface area (Å²) in [5.41, 5.74) is 0. The molecular weight excluding hydrogens is 142 g/mol. The molecule has 2 saturated heterocycles. The van der Waals surface area contributed by atoms with Crippen LogP contribution in [0.2, 0.25) is 0 Å². The molecule has 0 spiro atoms. The Balaban J connectivity index is 1.91. The van der Waals surface area contributed by atoms with Crippen LogP contribution < -0.4 is 0 Å². The Hall–Kier alpha value is -0.120. The monoisotopic (exact) mass is 157 g/mol. The summed E-state index contributed by atoms with van der Waals surface area (Å²) in [7, 11) is 0. The van der Waals surface area contributed by atoms with Crippen LogP contribution in [0.3, 0.4) is 0 Å². The largest absolute Gasteiger partial charge is 0.349 e. The molecule has 0 N–H and O–H groups in total. The van der Waals surface area contributed by atoms with Crippen molar-refractivity contribution in [2.45, 2.75) is 25.6 Å². The summed E-state index contributed by atoms with van der Waals surface area (Å²) in [5.74, 6) is 0. The van der Waals surface area contributed by atoms with Gasteiger partial charge < -0.3 is 14.4 Å². The maximum Gasteiger partial charge on any atom is 0.147 e. The van der Waals surface area contributed by atoms with E-state index in [-0.39, 0.29) is 0 Å². The van der Waals surface area contributed by atoms with Gasteiger partial charge in [0.2, 0.25) is 0 Å². The van der Waals surface area contributed by atoms with Crippen LogP contribution in [0.1, 0.15) is 13.3 Å². The Morgan fingerprint density at radius 3 is 3.00 bits per heavy atom. The lowest BCUT2D eigenvalue weighted by molar-refractivity contribution is 0.0381. The summed E-state index contributed by atoms with van der Waals surface area (Å²) in [4.78, 5) is 2.41. The van der Waals surface area contributed by atoms with Gasteiger partial charge in [0, 0.05) is 13.1 Å². The van der Waals surface area contributed by atoms with E-state index < -0.39 is 0 Å². The number of likely N-dealkylation sites (N-methyl/N-ethyl adjacent to an activating group) is 1. The maximum absolute atomic E-state index is 5.43. The van der Waals surface area contributed by atoms with E-state index in [0.717, 1.165) is 19.5 Å². The van der Waals surface area contributed by atoms with Crippen molar-refractivity contribution in [1.82, 2.24) is 4.90 Å². The number of ether oxygens (including phenoxy) is 2. The van der Waals surface area contributed by atoms with Crippen molar-refractivity contribution in [2.24, 2.45) is 0 Å². The number of hydrogen-bond acceptors (Lipinski definition) is 3. The van der Waals surface area contributed by atoms with Gasteiger partial charge in [-0.05, 0) is 13.0 Å². The smallest absolute Gasteiger partial charge is 0.147 e. The minimum atomic E-state index is 0.351. The van der Waals surface area contributed by atoms with E-state index in [1.807, 2.05) is 0 Å². The van der Waals surface area contributed by atoms with Crippen LogP contribution in [-0.2, 0) is 9.47 Å². The van der Waals surface area contributed by atoms with Crippen molar-refractivity contribution in [3.8, 4) is 0 Å². The highest BCUT2D eigenvalue weighted by Crippen LogP contribution is 2.21. The summed E-state index contributed by atoms with van der Waals surface area (Å²) in [6.45, 7) is 6.05. The third kappa shape index (κ3) is 1.41. The highest BCUT2D eigenvalue weighted by atomic mass is 16.7. The van der Waals surface area contributed by atoms with Gasteiger partial charge in [-0.1, -0.05) is 6.92 Å². The standard InChI is InChI=1S/C8H15NO2/c1-2-9-4-3-7-8(5-9)11-6-10-7/h7-8H,2-6H2,1H3. The van der Waals surface area contributed by atoms with E-state index in [1.54, 1.807) is 0 Å². The number of hydrogen-bond donors (Lipinski definition) is 0. The molecule has 11 heavy (non-hydrogen) atoms. The minimum Gasteiger partial charge on any atom is -0.349 e. The van der Waals surface area contributed by atoms with Crippen LogP contribution in [-0.4, -0.2) is 43.5 Å². The van der Waals surface area contributed by atoms with Crippen molar-refractivity contribution < 1.29 is 9.47 Å². The van der Waals surface area contributed by atoms with E-state index in [1.165, 1.54) is 6.54 Å². The average Bonchev–Trinajstić information content (AvgIpc) is 2.50. The van der Waals surface area contributed by atoms with E-state index >= 15 is 0 Å². The summed E-state index contributed by atoms with van der Waals surface area (Å²) in [6, 6.07) is 0. The molecule has 0 aliphatic carbocycles. The lowest BCUT2D eigenvalue weighted by Crippen LogP contribution is -2.44. The summed E-state index contributed by atoms with van der Waals surface area (Å²) >= 11 is 0. The van der Waals surface area contributed by atoms with Crippen molar-refractivity contribution in [1.29, 1.82) is 0 Å². The molecule has 2 rings (SSSR count). The van der Waals surface area contributed by atoms with E-state index in [2.05, 4.69) is 11.8 Å². The second-order valence-corrected chi connectivity index (χ2v) is 3.21. The molecule has 0 radical (unpaired) electrons. The second kappa shape index (κ2) is 3.09. The summed E-state index contributed by atoms with van der Waals surface area (Å²) in [6.07, 6.45) is 1.87. The number of nitrogens with zero attached hydrogens (tertiary/aromatic N) is 1. The number of rotatable bonds is 1. The van der Waals surface area contributed by atoms with Crippen molar-refractivity contribution in [2.75, 3.05) is 26.4 Å². The quantitative estimate of drug-likeness (QED) is 0.551. The molecule has 2 unspecified atom stereocenters. The maximum atomic E-state index is 5.43. The second-order valence-electron chi connectivity index (χ2n) is 3.21. The van der Waals surface area contributed by atoms with E-state index in [4.69, 9.17) is 9.47 Å². The first-order valence-electron chi connectivity index (χ1n) is 4.35. The highest BCUT2D eigenvalue weighted by Gasteiger charge is 2.34. The van der Waals surface area contributed by atoms with E-state index in [0.29, 0.717) is 19.0 Å². The number of piperidine rings is 1. The molecule has 2 heterocycles. The van der Waals surface area contributed by atoms with Gasteiger partial charge >= 0.3 is 0 Å². The van der Waals surface area contributed by atoms with Crippen molar-refractivity contribution in [3.63, 3.8) is 0 Å². The van der Waals surface area contributed by atoms with Crippen LogP contribution >= 0.6 is 0 Å². The summed E-state index contributed by atoms with van der Waals surface area (Å²) < 4.78 is 10.8. The molecule has 2 aliphatic rings. The average molecular weight is 157 g/mol. The predicted molar refractivity (Wildman–Crippen MR) is 41.3 cm³/mol. The molecule has 2 fully saturated rings. The Bertz CT molecular complexity index is 140. The Morgan fingerprint density at radius 2 is 2.18 bits per heavy atom. The van der Waals surface area contributed by atoms with E-state index in [9.17, 15) is 0 Å². The number of likely N-dealkylation sites (tertiary alicyclic amines) is 1. The number of fused-ring (bicyclic) bond motifs is 1. The summed E-state index contributed by atoms with van der Waals surface area (Å²) in [5, 5.41) is 0. The van der Waals surface area contributed by atoms with Gasteiger partial charge in [0.15, 0.2) is 0 Å². The molecule has 0 bridgehead atoms. The van der Waals surface area contributed by atoms with Crippen LogP contribution in [0.25, 0.3) is 0 Å². The fraction of sp³-hybridized carbons (Fsp3) is 1.00. The topological polar surface area (TPSA) is 21.7 Å². The first-order chi connectivity index (χ1) is 5.40. The van der Waals surface area contributed by atoms with Gasteiger partial charge in [0.05, 0.1) is 12.2 Å². The zero-order valence-electron chi connectivity index (χ0n) is 6.95. The lowest BCUT2D eigenvalue weighted by Gasteiger charge is -2.31. The van der Waals surface area contributed by atoms with Crippen LogP contribution in [0.4, 0.5) is 0 Å². The van der Waals surface area contributed by atoms with Gasteiger partial charge in [0.1, 0.15) is 6.79 Å². The Morgan fingerprint density at radius 1 is 1.36 bits per heavy atom. The highest BCUT2D eigenvalue weighted by molar-refractivity contribution is 4.83. The van der Waals surface area contributed by atoms with Gasteiger partial charge in [0.25, 0.3) is 0 Å². The Kier molecular flexibility index (Phi) is 2.11. The minimum absolute atomic E-state index is 0.351. The first kappa shape index (κ1) is 7.53. The SMILES string of the molecule is CCN1CCC2OCOC2C1. The van der Waals surface area contributed by atoms with Gasteiger partial charge in [-0.3, -0.25) is 0 Å². The lowest BCUT2D eigenvalue weighted by atomic mass is 10.1. The zero-order valence-corrected chi connectivity index (χ0v) is 6.95. The molecular formula is C8H15NO2. The third-order valence-electron chi connectivity index (χ3n) is 2.59. The molecule has 0 saturated carbocycles. The predicted octanol–water partition coefficient (Wildman–Crippen LogP) is 0.453. The molecule has 0 aromatic carbocycles. The Labute approximate surface area is 67.3 Å². The molecule has 2 atom stereocenters. The molecule has 64 valence electrons. The van der Waals surface area contributed by atoms with Gasteiger partial charge in [-0.2, -0.15) is 0 Å². The zero-order chi connectivity index (χ0) is 7.68. The fourth-order valence-electron chi connectivity index (χ4n) is 1.81. The van der Waals surface area contributed by atoms with Crippen LogP contribution in [0, 0.1) is 0 Å². The molecule has 0 aromatic rings. The first-order valence-corrected chi connectivity index (χ1v) is 4.35. The van der Waals surface area contributed by atoms with Crippen molar-refractivity contribution in [3.05, 3.63) is 0 Å².